The van der Waals surface area contributed by atoms with Crippen molar-refractivity contribution >= 4 is 11.9 Å². The third-order valence-electron chi connectivity index (χ3n) is 3.91. The maximum Gasteiger partial charge on any atom is 0.338 e. The van der Waals surface area contributed by atoms with Gasteiger partial charge in [-0.3, -0.25) is 0 Å². The summed E-state index contributed by atoms with van der Waals surface area (Å²) < 4.78 is 6.83. The van der Waals surface area contributed by atoms with E-state index in [1.165, 1.54) is 5.56 Å². The summed E-state index contributed by atoms with van der Waals surface area (Å²) in [4.78, 5) is 12.4. The molecule has 7 heteroatoms. The number of aryl methyl sites for hydroxylation is 1. The summed E-state index contributed by atoms with van der Waals surface area (Å²) >= 11 is 0. The van der Waals surface area contributed by atoms with Crippen LogP contribution in [-0.2, 0) is 16.0 Å². The molecular weight excluding hydrogens is 294 g/mol. The van der Waals surface area contributed by atoms with Gasteiger partial charge in [0.1, 0.15) is 6.04 Å². The highest BCUT2D eigenvalue weighted by Gasteiger charge is 2.34. The average molecular weight is 313 g/mol. The van der Waals surface area contributed by atoms with E-state index in [1.807, 2.05) is 19.1 Å². The highest BCUT2D eigenvalue weighted by molar-refractivity contribution is 5.92. The lowest BCUT2D eigenvalue weighted by Gasteiger charge is -2.27. The molecule has 7 nitrogen and oxygen atoms in total. The van der Waals surface area contributed by atoms with Crippen molar-refractivity contribution in [2.75, 3.05) is 11.9 Å². The number of allylic oxidation sites excluding steroid dienone is 1. The molecule has 3 rings (SSSR count). The molecule has 1 aliphatic heterocycles. The van der Waals surface area contributed by atoms with Crippen molar-refractivity contribution in [2.24, 2.45) is 0 Å². The molecule has 0 amide bonds. The van der Waals surface area contributed by atoms with Gasteiger partial charge in [0.05, 0.1) is 12.2 Å². The van der Waals surface area contributed by atoms with Crippen LogP contribution in [0.2, 0.25) is 0 Å². The van der Waals surface area contributed by atoms with E-state index >= 15 is 0 Å². The van der Waals surface area contributed by atoms with Crippen molar-refractivity contribution in [3.05, 3.63) is 46.7 Å². The topological polar surface area (TPSA) is 81.9 Å². The lowest BCUT2D eigenvalue weighted by atomic mass is 9.95. The van der Waals surface area contributed by atoms with Crippen LogP contribution in [0.25, 0.3) is 0 Å². The molecule has 0 saturated carbocycles. The fourth-order valence-electron chi connectivity index (χ4n) is 2.73. The van der Waals surface area contributed by atoms with Crippen LogP contribution in [0.15, 0.2) is 35.5 Å². The number of anilines is 1. The first-order valence-electron chi connectivity index (χ1n) is 7.67. The van der Waals surface area contributed by atoms with Gasteiger partial charge in [0, 0.05) is 5.70 Å². The molecule has 0 spiro atoms. The van der Waals surface area contributed by atoms with E-state index in [9.17, 15) is 4.79 Å². The Kier molecular flexibility index (Phi) is 4.10. The standard InChI is InChI=1S/C16H19N5O2/c1-4-11-6-8-12(9-7-11)14-13(15(22)23-5-2)10(3)17-16-18-19-20-21(14)16/h6-9,14H,4-5H2,1-3H3,(H,17,18,20)/t14-/m0/s1. The summed E-state index contributed by atoms with van der Waals surface area (Å²) in [6, 6.07) is 7.73. The third kappa shape index (κ3) is 2.69. The van der Waals surface area contributed by atoms with Gasteiger partial charge in [-0.2, -0.15) is 4.68 Å². The summed E-state index contributed by atoms with van der Waals surface area (Å²) in [5.41, 5.74) is 3.41. The van der Waals surface area contributed by atoms with Crippen LogP contribution in [0.1, 0.15) is 37.9 Å². The Morgan fingerprint density at radius 2 is 2.04 bits per heavy atom. The maximum atomic E-state index is 12.4. The number of carbonyl (C=O) groups is 1. The van der Waals surface area contributed by atoms with Gasteiger partial charge in [-0.05, 0) is 41.8 Å². The zero-order chi connectivity index (χ0) is 16.4. The Bertz CT molecular complexity index is 748. The summed E-state index contributed by atoms with van der Waals surface area (Å²) in [6.07, 6.45) is 0.961. The number of nitrogens with zero attached hydrogens (tertiary/aromatic N) is 4. The number of hydrogen-bond acceptors (Lipinski definition) is 6. The van der Waals surface area contributed by atoms with Gasteiger partial charge in [0.2, 0.25) is 5.95 Å². The monoisotopic (exact) mass is 313 g/mol. The van der Waals surface area contributed by atoms with Gasteiger partial charge in [0.15, 0.2) is 0 Å². The molecule has 1 aliphatic rings. The highest BCUT2D eigenvalue weighted by Crippen LogP contribution is 2.34. The number of tetrazole rings is 1. The molecule has 0 saturated heterocycles. The third-order valence-corrected chi connectivity index (χ3v) is 3.91. The number of rotatable bonds is 4. The fraction of sp³-hybridized carbons (Fsp3) is 0.375. The Balaban J connectivity index is 2.10. The number of esters is 1. The molecule has 2 heterocycles. The van der Waals surface area contributed by atoms with Gasteiger partial charge in [0.25, 0.3) is 0 Å². The molecule has 1 N–H and O–H groups in total. The van der Waals surface area contributed by atoms with Gasteiger partial charge in [-0.1, -0.05) is 36.3 Å². The van der Waals surface area contributed by atoms with Crippen LogP contribution in [0.4, 0.5) is 5.95 Å². The highest BCUT2D eigenvalue weighted by atomic mass is 16.5. The van der Waals surface area contributed by atoms with Crippen LogP contribution < -0.4 is 5.32 Å². The van der Waals surface area contributed by atoms with E-state index in [4.69, 9.17) is 4.74 Å². The predicted molar refractivity (Wildman–Crippen MR) is 84.7 cm³/mol. The summed E-state index contributed by atoms with van der Waals surface area (Å²) in [5.74, 6) is 0.156. The van der Waals surface area contributed by atoms with Crippen LogP contribution >= 0.6 is 0 Å². The molecule has 0 aliphatic carbocycles. The van der Waals surface area contributed by atoms with E-state index in [0.29, 0.717) is 23.8 Å². The Morgan fingerprint density at radius 1 is 1.30 bits per heavy atom. The number of benzene rings is 1. The van der Waals surface area contributed by atoms with Gasteiger partial charge < -0.3 is 10.1 Å². The summed E-state index contributed by atoms with van der Waals surface area (Å²) in [7, 11) is 0. The minimum Gasteiger partial charge on any atom is -0.463 e. The lowest BCUT2D eigenvalue weighted by Crippen LogP contribution is -2.29. The number of hydrogen-bond donors (Lipinski definition) is 1. The predicted octanol–water partition coefficient (Wildman–Crippen LogP) is 2.09. The smallest absolute Gasteiger partial charge is 0.338 e. The minimum atomic E-state index is -0.397. The second-order valence-electron chi connectivity index (χ2n) is 5.33. The maximum absolute atomic E-state index is 12.4. The lowest BCUT2D eigenvalue weighted by molar-refractivity contribution is -0.139. The van der Waals surface area contributed by atoms with E-state index in [1.54, 1.807) is 11.6 Å². The first kappa shape index (κ1) is 15.2. The van der Waals surface area contributed by atoms with Crippen molar-refractivity contribution in [3.8, 4) is 0 Å². The van der Waals surface area contributed by atoms with E-state index in [-0.39, 0.29) is 5.97 Å². The molecular formula is C16H19N5O2. The SMILES string of the molecule is CCOC(=O)C1=C(C)Nc2nnnn2[C@H]1c1ccc(CC)cc1. The van der Waals surface area contributed by atoms with Crippen molar-refractivity contribution in [1.29, 1.82) is 0 Å². The van der Waals surface area contributed by atoms with Crippen molar-refractivity contribution in [1.82, 2.24) is 20.2 Å². The quantitative estimate of drug-likeness (QED) is 0.870. The van der Waals surface area contributed by atoms with Crippen molar-refractivity contribution in [2.45, 2.75) is 33.2 Å². The van der Waals surface area contributed by atoms with Gasteiger partial charge in [-0.15, -0.1) is 0 Å². The second-order valence-corrected chi connectivity index (χ2v) is 5.33. The van der Waals surface area contributed by atoms with E-state index in [0.717, 1.165) is 12.0 Å². The zero-order valence-electron chi connectivity index (χ0n) is 13.4. The van der Waals surface area contributed by atoms with E-state index < -0.39 is 6.04 Å². The molecule has 1 atom stereocenters. The van der Waals surface area contributed by atoms with Gasteiger partial charge in [-0.25, -0.2) is 4.79 Å². The molecule has 23 heavy (non-hydrogen) atoms. The normalized spacial score (nSPS) is 16.7. The van der Waals surface area contributed by atoms with Crippen molar-refractivity contribution in [3.63, 3.8) is 0 Å². The van der Waals surface area contributed by atoms with Crippen LogP contribution in [-0.4, -0.2) is 32.8 Å². The van der Waals surface area contributed by atoms with Crippen LogP contribution in [0.5, 0.6) is 0 Å². The summed E-state index contributed by atoms with van der Waals surface area (Å²) in [5, 5.41) is 14.8. The number of carbonyl (C=O) groups excluding carboxylic acids is 1. The van der Waals surface area contributed by atoms with E-state index in [2.05, 4.69) is 39.9 Å². The number of ether oxygens (including phenoxy) is 1. The largest absolute Gasteiger partial charge is 0.463 e. The zero-order valence-corrected chi connectivity index (χ0v) is 13.4. The average Bonchev–Trinajstić information content (AvgIpc) is 3.01. The molecule has 0 unspecified atom stereocenters. The van der Waals surface area contributed by atoms with Crippen molar-refractivity contribution < 1.29 is 9.53 Å². The minimum absolute atomic E-state index is 0.319. The molecule has 0 bridgehead atoms. The molecule has 0 fully saturated rings. The number of aromatic nitrogens is 4. The Labute approximate surface area is 134 Å². The Hall–Kier alpha value is -2.70. The second kappa shape index (κ2) is 6.20. The molecule has 120 valence electrons. The Morgan fingerprint density at radius 3 is 2.70 bits per heavy atom. The number of fused-ring (bicyclic) bond motifs is 1. The molecule has 0 radical (unpaired) electrons. The first-order valence-corrected chi connectivity index (χ1v) is 7.67. The molecule has 1 aromatic heterocycles. The van der Waals surface area contributed by atoms with Gasteiger partial charge >= 0.3 is 5.97 Å². The first-order chi connectivity index (χ1) is 11.2. The van der Waals surface area contributed by atoms with Crippen LogP contribution in [0.3, 0.4) is 0 Å². The number of nitrogens with one attached hydrogen (secondary N) is 1. The summed E-state index contributed by atoms with van der Waals surface area (Å²) in [6.45, 7) is 6.04. The molecule has 2 aromatic rings. The van der Waals surface area contributed by atoms with Crippen LogP contribution in [0, 0.1) is 0 Å². The fourth-order valence-corrected chi connectivity index (χ4v) is 2.73. The molecule has 1 aromatic carbocycles.